The van der Waals surface area contributed by atoms with Gasteiger partial charge in [0, 0.05) is 49.2 Å². The predicted octanol–water partition coefficient (Wildman–Crippen LogP) is 5.02. The molecule has 168 valence electrons. The van der Waals surface area contributed by atoms with Gasteiger partial charge in [-0.1, -0.05) is 12.1 Å². The summed E-state index contributed by atoms with van der Waals surface area (Å²) in [5.41, 5.74) is 2.90. The Morgan fingerprint density at radius 3 is 2.52 bits per heavy atom. The molecule has 0 radical (unpaired) electrons. The van der Waals surface area contributed by atoms with Gasteiger partial charge in [-0.15, -0.1) is 0 Å². The third-order valence-corrected chi connectivity index (χ3v) is 5.78. The minimum absolute atomic E-state index is 0.233. The van der Waals surface area contributed by atoms with Gasteiger partial charge in [-0.05, 0) is 70.2 Å². The first-order valence-electron chi connectivity index (χ1n) is 11.0. The fourth-order valence-electron chi connectivity index (χ4n) is 4.03. The van der Waals surface area contributed by atoms with Crippen LogP contribution in [-0.2, 0) is 11.3 Å². The average molecular weight is 426 g/mol. The van der Waals surface area contributed by atoms with Gasteiger partial charge in [0.2, 0.25) is 0 Å². The van der Waals surface area contributed by atoms with Crippen molar-refractivity contribution in [2.45, 2.75) is 70.7 Å². The molecule has 2 aromatic rings. The van der Waals surface area contributed by atoms with Crippen LogP contribution in [0.15, 0.2) is 42.7 Å². The molecule has 6 heteroatoms. The summed E-state index contributed by atoms with van der Waals surface area (Å²) in [6, 6.07) is 10.9. The Morgan fingerprint density at radius 1 is 1.16 bits per heavy atom. The van der Waals surface area contributed by atoms with E-state index in [9.17, 15) is 4.79 Å². The molecule has 6 nitrogen and oxygen atoms in total. The highest BCUT2D eigenvalue weighted by atomic mass is 16.6. The van der Waals surface area contributed by atoms with E-state index >= 15 is 0 Å². The molecule has 0 bridgehead atoms. The maximum atomic E-state index is 12.3. The minimum atomic E-state index is -0.465. The van der Waals surface area contributed by atoms with Crippen molar-refractivity contribution in [2.24, 2.45) is 0 Å². The molecule has 1 aliphatic carbocycles. The quantitative estimate of drug-likeness (QED) is 0.704. The van der Waals surface area contributed by atoms with E-state index in [1.54, 1.807) is 18.2 Å². The first-order chi connectivity index (χ1) is 14.8. The Morgan fingerprint density at radius 2 is 1.90 bits per heavy atom. The lowest BCUT2D eigenvalue weighted by atomic mass is 9.90. The summed E-state index contributed by atoms with van der Waals surface area (Å²) in [5.74, 6) is 0.887. The topological polar surface area (TPSA) is 63.7 Å². The van der Waals surface area contributed by atoms with Crippen LogP contribution in [0.2, 0.25) is 0 Å². The van der Waals surface area contributed by atoms with Crippen LogP contribution in [0.25, 0.3) is 11.1 Å². The molecule has 0 spiro atoms. The number of carbonyl (C=O) groups excluding carboxylic acids is 1. The third kappa shape index (κ3) is 6.44. The van der Waals surface area contributed by atoms with Gasteiger partial charge in [-0.2, -0.15) is 0 Å². The molecule has 31 heavy (non-hydrogen) atoms. The summed E-state index contributed by atoms with van der Waals surface area (Å²) in [6.45, 7) is 6.44. The van der Waals surface area contributed by atoms with E-state index in [0.717, 1.165) is 54.7 Å². The number of pyridine rings is 1. The number of carbonyl (C=O) groups is 1. The number of rotatable bonds is 6. The maximum absolute atomic E-state index is 12.3. The Bertz CT molecular complexity index is 856. The van der Waals surface area contributed by atoms with Crippen LogP contribution < -0.4 is 10.1 Å². The maximum Gasteiger partial charge on any atom is 0.410 e. The zero-order valence-corrected chi connectivity index (χ0v) is 19.4. The molecule has 1 fully saturated rings. The Balaban J connectivity index is 1.55. The first-order valence-corrected chi connectivity index (χ1v) is 11.0. The highest BCUT2D eigenvalue weighted by molar-refractivity contribution is 5.68. The summed E-state index contributed by atoms with van der Waals surface area (Å²) in [6.07, 6.45) is 7.43. The molecule has 1 aliphatic rings. The number of aromatic nitrogens is 1. The standard InChI is InChI=1S/C25H35N3O3/c1-25(2,3)31-24(29)28(4)22-11-9-21(10-12-22)27-17-20-15-18(8-13-23(20)30-5)19-7-6-14-26-16-19/h6-8,13-16,21-22,27H,9-12,17H2,1-5H3. The smallest absolute Gasteiger partial charge is 0.410 e. The molecule has 3 rings (SSSR count). The summed E-state index contributed by atoms with van der Waals surface area (Å²) in [4.78, 5) is 18.3. The molecule has 0 aliphatic heterocycles. The van der Waals surface area contributed by atoms with Crippen molar-refractivity contribution in [3.63, 3.8) is 0 Å². The second-order valence-electron chi connectivity index (χ2n) is 9.25. The van der Waals surface area contributed by atoms with Gasteiger partial charge in [0.15, 0.2) is 0 Å². The van der Waals surface area contributed by atoms with Crippen molar-refractivity contribution in [1.82, 2.24) is 15.2 Å². The van der Waals surface area contributed by atoms with Crippen LogP contribution in [0.5, 0.6) is 5.75 Å². The summed E-state index contributed by atoms with van der Waals surface area (Å²) in [5, 5.41) is 3.69. The highest BCUT2D eigenvalue weighted by Gasteiger charge is 2.29. The van der Waals surface area contributed by atoms with Crippen molar-refractivity contribution in [3.05, 3.63) is 48.3 Å². The van der Waals surface area contributed by atoms with Crippen LogP contribution in [0.3, 0.4) is 0 Å². The Labute approximate surface area is 186 Å². The van der Waals surface area contributed by atoms with E-state index < -0.39 is 5.60 Å². The van der Waals surface area contributed by atoms with Crippen LogP contribution >= 0.6 is 0 Å². The van der Waals surface area contributed by atoms with Crippen LogP contribution in [0, 0.1) is 0 Å². The number of amides is 1. The largest absolute Gasteiger partial charge is 0.496 e. The number of ether oxygens (including phenoxy) is 2. The zero-order valence-electron chi connectivity index (χ0n) is 19.4. The number of hydrogen-bond acceptors (Lipinski definition) is 5. The van der Waals surface area contributed by atoms with Gasteiger partial charge in [0.25, 0.3) is 0 Å². The molecule has 0 unspecified atom stereocenters. The van der Waals surface area contributed by atoms with Crippen molar-refractivity contribution in [3.8, 4) is 16.9 Å². The first kappa shape index (κ1) is 23.1. The highest BCUT2D eigenvalue weighted by Crippen LogP contribution is 2.28. The second kappa shape index (κ2) is 10.1. The van der Waals surface area contributed by atoms with E-state index in [2.05, 4.69) is 28.5 Å². The number of nitrogens with zero attached hydrogens (tertiary/aromatic N) is 2. The lowest BCUT2D eigenvalue weighted by molar-refractivity contribution is 0.0179. The van der Waals surface area contributed by atoms with Crippen LogP contribution in [0.4, 0.5) is 4.79 Å². The van der Waals surface area contributed by atoms with E-state index in [1.807, 2.05) is 46.1 Å². The molecule has 0 saturated heterocycles. The van der Waals surface area contributed by atoms with E-state index in [-0.39, 0.29) is 12.1 Å². The second-order valence-corrected chi connectivity index (χ2v) is 9.25. The number of hydrogen-bond donors (Lipinski definition) is 1. The van der Waals surface area contributed by atoms with Gasteiger partial charge in [-0.25, -0.2) is 4.79 Å². The van der Waals surface area contributed by atoms with Crippen LogP contribution in [-0.4, -0.2) is 47.8 Å². The molecular formula is C25H35N3O3. The lowest BCUT2D eigenvalue weighted by Crippen LogP contribution is -2.44. The fourth-order valence-corrected chi connectivity index (χ4v) is 4.03. The summed E-state index contributed by atoms with van der Waals surface area (Å²) < 4.78 is 11.1. The van der Waals surface area contributed by atoms with E-state index in [0.29, 0.717) is 6.04 Å². The third-order valence-electron chi connectivity index (χ3n) is 5.78. The Kier molecular flexibility index (Phi) is 7.55. The molecule has 1 amide bonds. The minimum Gasteiger partial charge on any atom is -0.496 e. The van der Waals surface area contributed by atoms with Gasteiger partial charge < -0.3 is 19.7 Å². The lowest BCUT2D eigenvalue weighted by Gasteiger charge is -2.35. The number of benzene rings is 1. The van der Waals surface area contributed by atoms with Crippen molar-refractivity contribution in [2.75, 3.05) is 14.2 Å². The monoisotopic (exact) mass is 425 g/mol. The van der Waals surface area contributed by atoms with Crippen molar-refractivity contribution >= 4 is 6.09 Å². The average Bonchev–Trinajstić information content (AvgIpc) is 2.76. The number of methoxy groups -OCH3 is 1. The van der Waals surface area contributed by atoms with Gasteiger partial charge in [0.1, 0.15) is 11.4 Å². The summed E-state index contributed by atoms with van der Waals surface area (Å²) in [7, 11) is 3.56. The Hall–Kier alpha value is -2.60. The normalized spacial score (nSPS) is 19.0. The fraction of sp³-hybridized carbons (Fsp3) is 0.520. The SMILES string of the molecule is COc1ccc(-c2cccnc2)cc1CNC1CCC(N(C)C(=O)OC(C)(C)C)CC1. The van der Waals surface area contributed by atoms with E-state index in [4.69, 9.17) is 9.47 Å². The van der Waals surface area contributed by atoms with Crippen LogP contribution in [0.1, 0.15) is 52.0 Å². The van der Waals surface area contributed by atoms with Gasteiger partial charge in [0.05, 0.1) is 7.11 Å². The molecule has 1 aromatic carbocycles. The van der Waals surface area contributed by atoms with Crippen molar-refractivity contribution < 1.29 is 14.3 Å². The molecule has 1 heterocycles. The van der Waals surface area contributed by atoms with E-state index in [1.165, 1.54) is 0 Å². The van der Waals surface area contributed by atoms with Gasteiger partial charge in [-0.3, -0.25) is 4.98 Å². The number of nitrogens with one attached hydrogen (secondary N) is 1. The van der Waals surface area contributed by atoms with Gasteiger partial charge >= 0.3 is 6.09 Å². The van der Waals surface area contributed by atoms with Crippen molar-refractivity contribution in [1.29, 1.82) is 0 Å². The summed E-state index contributed by atoms with van der Waals surface area (Å²) >= 11 is 0. The molecule has 1 saturated carbocycles. The molecule has 1 aromatic heterocycles. The predicted molar refractivity (Wildman–Crippen MR) is 123 cm³/mol. The zero-order chi connectivity index (χ0) is 22.4. The molecule has 0 atom stereocenters. The molecule has 1 N–H and O–H groups in total. The molecular weight excluding hydrogens is 390 g/mol.